The SMILES string of the molecule is Cc1ccc2c(n1)oc1c(-c3nc4ccccc4n3-c3ccc(-c4ccccc4)cc3)ccnc12. The van der Waals surface area contributed by atoms with Gasteiger partial charge >= 0.3 is 0 Å². The highest BCUT2D eigenvalue weighted by atomic mass is 16.3. The van der Waals surface area contributed by atoms with Crippen LogP contribution in [0.5, 0.6) is 0 Å². The van der Waals surface area contributed by atoms with Crippen LogP contribution in [0.15, 0.2) is 108 Å². The molecule has 4 aromatic heterocycles. The highest BCUT2D eigenvalue weighted by Gasteiger charge is 2.20. The Hall–Kier alpha value is -4.77. The average Bonchev–Trinajstić information content (AvgIpc) is 3.47. The van der Waals surface area contributed by atoms with Crippen LogP contribution in [0.25, 0.3) is 61.4 Å². The van der Waals surface area contributed by atoms with Gasteiger partial charge in [0.25, 0.3) is 0 Å². The number of fused-ring (bicyclic) bond motifs is 4. The van der Waals surface area contributed by atoms with Crippen molar-refractivity contribution < 1.29 is 4.42 Å². The minimum Gasteiger partial charge on any atom is -0.435 e. The van der Waals surface area contributed by atoms with Gasteiger partial charge in [-0.1, -0.05) is 54.6 Å². The highest BCUT2D eigenvalue weighted by molar-refractivity contribution is 6.06. The molecule has 0 N–H and O–H groups in total. The van der Waals surface area contributed by atoms with E-state index < -0.39 is 0 Å². The summed E-state index contributed by atoms with van der Waals surface area (Å²) in [6, 6.07) is 33.1. The Balaban J connectivity index is 1.47. The Morgan fingerprint density at radius 1 is 0.714 bits per heavy atom. The van der Waals surface area contributed by atoms with E-state index in [9.17, 15) is 0 Å². The fraction of sp³-hybridized carbons (Fsp3) is 0.0333. The van der Waals surface area contributed by atoms with Gasteiger partial charge in [0.2, 0.25) is 5.71 Å². The maximum absolute atomic E-state index is 6.26. The molecule has 35 heavy (non-hydrogen) atoms. The van der Waals surface area contributed by atoms with E-state index in [0.29, 0.717) is 11.3 Å². The second-order valence-electron chi connectivity index (χ2n) is 8.62. The van der Waals surface area contributed by atoms with E-state index in [0.717, 1.165) is 44.7 Å². The lowest BCUT2D eigenvalue weighted by Gasteiger charge is -2.11. The zero-order chi connectivity index (χ0) is 23.4. The Morgan fingerprint density at radius 2 is 1.49 bits per heavy atom. The number of hydrogen-bond donors (Lipinski definition) is 0. The Bertz CT molecular complexity index is 1850. The summed E-state index contributed by atoms with van der Waals surface area (Å²) < 4.78 is 8.44. The van der Waals surface area contributed by atoms with Gasteiger partial charge in [-0.05, 0) is 60.5 Å². The van der Waals surface area contributed by atoms with E-state index >= 15 is 0 Å². The van der Waals surface area contributed by atoms with E-state index in [2.05, 4.69) is 69.1 Å². The monoisotopic (exact) mass is 452 g/mol. The number of nitrogens with zero attached hydrogens (tertiary/aromatic N) is 4. The number of hydrogen-bond acceptors (Lipinski definition) is 4. The van der Waals surface area contributed by atoms with Crippen LogP contribution in [0.2, 0.25) is 0 Å². The first-order valence-electron chi connectivity index (χ1n) is 11.5. The second kappa shape index (κ2) is 7.64. The number of rotatable bonds is 3. The van der Waals surface area contributed by atoms with Gasteiger partial charge in [-0.15, -0.1) is 0 Å². The molecular weight excluding hydrogens is 432 g/mol. The third-order valence-corrected chi connectivity index (χ3v) is 6.39. The summed E-state index contributed by atoms with van der Waals surface area (Å²) in [4.78, 5) is 14.2. The van der Waals surface area contributed by atoms with Gasteiger partial charge in [0.15, 0.2) is 5.58 Å². The van der Waals surface area contributed by atoms with Gasteiger partial charge in [0.1, 0.15) is 11.3 Å². The number of pyridine rings is 2. The molecule has 0 aliphatic rings. The fourth-order valence-electron chi connectivity index (χ4n) is 4.71. The number of aryl methyl sites for hydroxylation is 1. The molecule has 5 nitrogen and oxygen atoms in total. The molecule has 0 radical (unpaired) electrons. The lowest BCUT2D eigenvalue weighted by atomic mass is 10.1. The lowest BCUT2D eigenvalue weighted by Crippen LogP contribution is -1.98. The molecule has 166 valence electrons. The maximum atomic E-state index is 6.26. The summed E-state index contributed by atoms with van der Waals surface area (Å²) in [7, 11) is 0. The molecule has 0 atom stereocenters. The van der Waals surface area contributed by atoms with Crippen LogP contribution in [0.4, 0.5) is 0 Å². The average molecular weight is 453 g/mol. The Morgan fingerprint density at radius 3 is 2.34 bits per heavy atom. The smallest absolute Gasteiger partial charge is 0.229 e. The van der Waals surface area contributed by atoms with Crippen molar-refractivity contribution in [2.45, 2.75) is 6.92 Å². The van der Waals surface area contributed by atoms with E-state index in [1.54, 1.807) is 0 Å². The van der Waals surface area contributed by atoms with Gasteiger partial charge in [-0.3, -0.25) is 9.55 Å². The Labute approximate surface area is 201 Å². The van der Waals surface area contributed by atoms with Crippen LogP contribution in [0, 0.1) is 6.92 Å². The predicted molar refractivity (Wildman–Crippen MR) is 140 cm³/mol. The van der Waals surface area contributed by atoms with E-state index in [-0.39, 0.29) is 0 Å². The molecule has 0 aliphatic heterocycles. The minimum atomic E-state index is 0.592. The van der Waals surface area contributed by atoms with E-state index in [4.69, 9.17) is 9.40 Å². The Kier molecular flexibility index (Phi) is 4.29. The predicted octanol–water partition coefficient (Wildman–Crippen LogP) is 7.36. The number of furan rings is 1. The third kappa shape index (κ3) is 3.13. The van der Waals surface area contributed by atoms with Crippen molar-refractivity contribution in [2.24, 2.45) is 0 Å². The van der Waals surface area contributed by atoms with Crippen LogP contribution in [-0.4, -0.2) is 19.5 Å². The number of para-hydroxylation sites is 2. The number of aromatic nitrogens is 4. The largest absolute Gasteiger partial charge is 0.435 e. The van der Waals surface area contributed by atoms with Crippen molar-refractivity contribution in [3.8, 4) is 28.2 Å². The van der Waals surface area contributed by atoms with E-state index in [1.807, 2.05) is 55.6 Å². The molecule has 4 heterocycles. The van der Waals surface area contributed by atoms with Gasteiger partial charge < -0.3 is 4.42 Å². The van der Waals surface area contributed by atoms with Crippen molar-refractivity contribution in [3.05, 3.63) is 109 Å². The quantitative estimate of drug-likeness (QED) is 0.281. The van der Waals surface area contributed by atoms with Crippen molar-refractivity contribution in [3.63, 3.8) is 0 Å². The number of imidazole rings is 1. The summed E-state index contributed by atoms with van der Waals surface area (Å²) in [5.74, 6) is 0.807. The zero-order valence-corrected chi connectivity index (χ0v) is 19.0. The van der Waals surface area contributed by atoms with Crippen molar-refractivity contribution in [2.75, 3.05) is 0 Å². The first-order chi connectivity index (χ1) is 17.3. The summed E-state index contributed by atoms with van der Waals surface area (Å²) in [6.07, 6.45) is 1.81. The minimum absolute atomic E-state index is 0.592. The highest BCUT2D eigenvalue weighted by Crippen LogP contribution is 2.36. The topological polar surface area (TPSA) is 56.7 Å². The molecule has 0 spiro atoms. The number of benzene rings is 3. The zero-order valence-electron chi connectivity index (χ0n) is 19.0. The molecule has 0 amide bonds. The first kappa shape index (κ1) is 19.7. The summed E-state index contributed by atoms with van der Waals surface area (Å²) in [5.41, 5.74) is 9.22. The van der Waals surface area contributed by atoms with Crippen molar-refractivity contribution in [1.82, 2.24) is 19.5 Å². The van der Waals surface area contributed by atoms with Crippen LogP contribution in [-0.2, 0) is 0 Å². The molecule has 5 heteroatoms. The van der Waals surface area contributed by atoms with E-state index in [1.165, 1.54) is 11.1 Å². The van der Waals surface area contributed by atoms with Gasteiger partial charge in [0, 0.05) is 17.6 Å². The van der Waals surface area contributed by atoms with Gasteiger partial charge in [-0.25, -0.2) is 9.97 Å². The molecule has 0 unspecified atom stereocenters. The normalized spacial score (nSPS) is 11.6. The van der Waals surface area contributed by atoms with Crippen molar-refractivity contribution >= 4 is 33.2 Å². The molecular formula is C30H20N4O. The lowest BCUT2D eigenvalue weighted by molar-refractivity contribution is 0.652. The fourth-order valence-corrected chi connectivity index (χ4v) is 4.71. The van der Waals surface area contributed by atoms with Crippen LogP contribution in [0.3, 0.4) is 0 Å². The summed E-state index contributed by atoms with van der Waals surface area (Å²) in [5, 5.41) is 0.905. The van der Waals surface area contributed by atoms with Crippen LogP contribution >= 0.6 is 0 Å². The summed E-state index contributed by atoms with van der Waals surface area (Å²) in [6.45, 7) is 1.96. The third-order valence-electron chi connectivity index (χ3n) is 6.39. The standard InChI is InChI=1S/C30H20N4O/c1-19-11-16-23-27-28(35-30(23)32-19)24(17-18-31-27)29-33-25-9-5-6-10-26(25)34(29)22-14-12-21(13-15-22)20-7-3-2-4-8-20/h2-18H,1H3. The van der Waals surface area contributed by atoms with Crippen LogP contribution in [0.1, 0.15) is 5.69 Å². The maximum Gasteiger partial charge on any atom is 0.229 e. The van der Waals surface area contributed by atoms with Crippen LogP contribution < -0.4 is 0 Å². The molecule has 7 aromatic rings. The van der Waals surface area contributed by atoms with Gasteiger partial charge in [-0.2, -0.15) is 0 Å². The molecule has 0 bridgehead atoms. The molecule has 0 aliphatic carbocycles. The molecule has 3 aromatic carbocycles. The molecule has 0 fully saturated rings. The summed E-state index contributed by atoms with van der Waals surface area (Å²) >= 11 is 0. The second-order valence-corrected chi connectivity index (χ2v) is 8.62. The molecule has 7 rings (SSSR count). The van der Waals surface area contributed by atoms with Crippen molar-refractivity contribution in [1.29, 1.82) is 0 Å². The molecule has 0 saturated heterocycles. The van der Waals surface area contributed by atoms with Gasteiger partial charge in [0.05, 0.1) is 22.0 Å². The molecule has 0 saturated carbocycles. The first-order valence-corrected chi connectivity index (χ1v) is 11.5.